The number of esters is 1. The number of amides is 3. The molecule has 1 aliphatic heterocycles. The predicted molar refractivity (Wildman–Crippen MR) is 92.5 cm³/mol. The van der Waals surface area contributed by atoms with Crippen molar-refractivity contribution >= 4 is 40.8 Å². The summed E-state index contributed by atoms with van der Waals surface area (Å²) < 4.78 is 5.14. The van der Waals surface area contributed by atoms with E-state index in [9.17, 15) is 14.4 Å². The summed E-state index contributed by atoms with van der Waals surface area (Å²) in [6.45, 7) is 2.07. The SMILES string of the molecule is C[C@H](OC(=O)c1csc(-c2cccc(Cl)c2)n1)C(=O)N1CCNC1=O. The van der Waals surface area contributed by atoms with Gasteiger partial charge >= 0.3 is 12.0 Å². The summed E-state index contributed by atoms with van der Waals surface area (Å²) in [5.41, 5.74) is 0.889. The summed E-state index contributed by atoms with van der Waals surface area (Å²) >= 11 is 7.22. The van der Waals surface area contributed by atoms with Gasteiger partial charge in [0, 0.05) is 29.1 Å². The molecule has 0 aliphatic carbocycles. The van der Waals surface area contributed by atoms with Crippen molar-refractivity contribution in [2.75, 3.05) is 13.1 Å². The minimum atomic E-state index is -1.08. The number of benzene rings is 1. The first kappa shape index (κ1) is 17.4. The van der Waals surface area contributed by atoms with E-state index in [1.54, 1.807) is 23.6 Å². The van der Waals surface area contributed by atoms with Crippen LogP contribution in [-0.2, 0) is 9.53 Å². The molecule has 0 radical (unpaired) electrons. The number of urea groups is 1. The van der Waals surface area contributed by atoms with Gasteiger partial charge in [0.15, 0.2) is 11.8 Å². The number of ether oxygens (including phenoxy) is 1. The lowest BCUT2D eigenvalue weighted by atomic mass is 10.2. The van der Waals surface area contributed by atoms with Crippen LogP contribution in [0.3, 0.4) is 0 Å². The first-order valence-corrected chi connectivity index (χ1v) is 8.73. The van der Waals surface area contributed by atoms with Crippen molar-refractivity contribution in [1.29, 1.82) is 0 Å². The fraction of sp³-hybridized carbons (Fsp3) is 0.250. The topological polar surface area (TPSA) is 88.6 Å². The number of halogens is 1. The molecule has 0 unspecified atom stereocenters. The van der Waals surface area contributed by atoms with E-state index in [-0.39, 0.29) is 12.2 Å². The summed E-state index contributed by atoms with van der Waals surface area (Å²) in [7, 11) is 0. The number of imide groups is 1. The number of nitrogens with zero attached hydrogens (tertiary/aromatic N) is 2. The summed E-state index contributed by atoms with van der Waals surface area (Å²) in [5.74, 6) is -1.28. The molecule has 1 atom stereocenters. The Balaban J connectivity index is 1.67. The van der Waals surface area contributed by atoms with Crippen LogP contribution < -0.4 is 5.32 Å². The number of hydrogen-bond donors (Lipinski definition) is 1. The van der Waals surface area contributed by atoms with Crippen LogP contribution in [0, 0.1) is 0 Å². The minimum Gasteiger partial charge on any atom is -0.448 e. The highest BCUT2D eigenvalue weighted by molar-refractivity contribution is 7.13. The quantitative estimate of drug-likeness (QED) is 0.825. The highest BCUT2D eigenvalue weighted by Gasteiger charge is 2.32. The molecule has 0 saturated carbocycles. The molecular formula is C16H14ClN3O4S. The van der Waals surface area contributed by atoms with Gasteiger partial charge in [-0.05, 0) is 19.1 Å². The Bertz CT molecular complexity index is 838. The van der Waals surface area contributed by atoms with Crippen molar-refractivity contribution in [1.82, 2.24) is 15.2 Å². The molecule has 1 saturated heterocycles. The second kappa shape index (κ2) is 7.20. The van der Waals surface area contributed by atoms with Crippen LogP contribution in [0.1, 0.15) is 17.4 Å². The first-order chi connectivity index (χ1) is 12.0. The van der Waals surface area contributed by atoms with Crippen molar-refractivity contribution in [2.45, 2.75) is 13.0 Å². The van der Waals surface area contributed by atoms with Crippen LogP contribution >= 0.6 is 22.9 Å². The van der Waals surface area contributed by atoms with Crippen LogP contribution in [0.15, 0.2) is 29.6 Å². The first-order valence-electron chi connectivity index (χ1n) is 7.47. The van der Waals surface area contributed by atoms with Gasteiger partial charge in [0.1, 0.15) is 5.01 Å². The Kier molecular flexibility index (Phi) is 5.00. The average Bonchev–Trinajstić information content (AvgIpc) is 3.23. The van der Waals surface area contributed by atoms with E-state index in [0.29, 0.717) is 16.6 Å². The molecule has 3 amide bonds. The summed E-state index contributed by atoms with van der Waals surface area (Å²) in [4.78, 5) is 41.1. The van der Waals surface area contributed by atoms with Crippen molar-refractivity contribution in [3.63, 3.8) is 0 Å². The van der Waals surface area contributed by atoms with Crippen molar-refractivity contribution < 1.29 is 19.1 Å². The number of carbonyl (C=O) groups excluding carboxylic acids is 3. The average molecular weight is 380 g/mol. The molecule has 1 fully saturated rings. The van der Waals surface area contributed by atoms with Crippen LogP contribution in [0.2, 0.25) is 5.02 Å². The van der Waals surface area contributed by atoms with Crippen molar-refractivity contribution in [3.05, 3.63) is 40.4 Å². The molecule has 0 spiro atoms. The number of nitrogens with one attached hydrogen (secondary N) is 1. The number of carbonyl (C=O) groups is 3. The predicted octanol–water partition coefficient (Wildman–Crippen LogP) is 2.56. The Morgan fingerprint density at radius 3 is 2.92 bits per heavy atom. The molecule has 0 bridgehead atoms. The van der Waals surface area contributed by atoms with Gasteiger partial charge in [0.05, 0.1) is 0 Å². The maximum atomic E-state index is 12.2. The van der Waals surface area contributed by atoms with Gasteiger partial charge in [0.2, 0.25) is 0 Å². The molecule has 2 aromatic rings. The molecular weight excluding hydrogens is 366 g/mol. The van der Waals surface area contributed by atoms with Crippen LogP contribution in [0.25, 0.3) is 10.6 Å². The number of rotatable bonds is 4. The zero-order valence-corrected chi connectivity index (χ0v) is 14.8. The van der Waals surface area contributed by atoms with E-state index >= 15 is 0 Å². The molecule has 1 aromatic carbocycles. The zero-order chi connectivity index (χ0) is 18.0. The highest BCUT2D eigenvalue weighted by atomic mass is 35.5. The second-order valence-corrected chi connectivity index (χ2v) is 6.61. The number of hydrogen-bond acceptors (Lipinski definition) is 6. The van der Waals surface area contributed by atoms with Crippen LogP contribution in [0.4, 0.5) is 4.79 Å². The van der Waals surface area contributed by atoms with Gasteiger partial charge in [-0.2, -0.15) is 0 Å². The Morgan fingerprint density at radius 2 is 2.24 bits per heavy atom. The van der Waals surface area contributed by atoms with Crippen molar-refractivity contribution in [3.8, 4) is 10.6 Å². The largest absolute Gasteiger partial charge is 0.448 e. The standard InChI is InChI=1S/C16H14ClN3O4S/c1-9(14(21)20-6-5-18-16(20)23)24-15(22)12-8-25-13(19-12)10-3-2-4-11(17)7-10/h2-4,7-9H,5-6H2,1H3,(H,18,23)/t9-/m0/s1. The monoisotopic (exact) mass is 379 g/mol. The molecule has 1 aliphatic rings. The molecule has 7 nitrogen and oxygen atoms in total. The van der Waals surface area contributed by atoms with Gasteiger partial charge in [-0.25, -0.2) is 14.6 Å². The lowest BCUT2D eigenvalue weighted by Gasteiger charge is -2.17. The van der Waals surface area contributed by atoms with Crippen LogP contribution in [-0.4, -0.2) is 47.0 Å². The third-order valence-corrected chi connectivity index (χ3v) is 4.67. The molecule has 2 heterocycles. The fourth-order valence-electron chi connectivity index (χ4n) is 2.29. The van der Waals surface area contributed by atoms with Gasteiger partial charge in [0.25, 0.3) is 5.91 Å². The maximum Gasteiger partial charge on any atom is 0.358 e. The maximum absolute atomic E-state index is 12.2. The van der Waals surface area contributed by atoms with Gasteiger partial charge in [-0.3, -0.25) is 9.69 Å². The fourth-order valence-corrected chi connectivity index (χ4v) is 3.27. The van der Waals surface area contributed by atoms with E-state index in [0.717, 1.165) is 10.5 Å². The molecule has 1 N–H and O–H groups in total. The normalized spacial score (nSPS) is 15.0. The van der Waals surface area contributed by atoms with E-state index in [4.69, 9.17) is 16.3 Å². The molecule has 1 aromatic heterocycles. The minimum absolute atomic E-state index is 0.102. The van der Waals surface area contributed by atoms with E-state index in [2.05, 4.69) is 10.3 Å². The molecule has 3 rings (SSSR count). The summed E-state index contributed by atoms with van der Waals surface area (Å²) in [6, 6.07) is 6.63. The third kappa shape index (κ3) is 3.80. The highest BCUT2D eigenvalue weighted by Crippen LogP contribution is 2.26. The Morgan fingerprint density at radius 1 is 1.44 bits per heavy atom. The van der Waals surface area contributed by atoms with Crippen molar-refractivity contribution in [2.24, 2.45) is 0 Å². The zero-order valence-electron chi connectivity index (χ0n) is 13.2. The summed E-state index contributed by atoms with van der Waals surface area (Å²) in [6.07, 6.45) is -1.08. The number of thiazole rings is 1. The molecule has 130 valence electrons. The Hall–Kier alpha value is -2.45. The summed E-state index contributed by atoms with van der Waals surface area (Å²) in [5, 5.41) is 5.26. The third-order valence-electron chi connectivity index (χ3n) is 3.54. The van der Waals surface area contributed by atoms with E-state index in [1.807, 2.05) is 6.07 Å². The Labute approximate surface area is 152 Å². The second-order valence-electron chi connectivity index (χ2n) is 5.32. The smallest absolute Gasteiger partial charge is 0.358 e. The molecule has 25 heavy (non-hydrogen) atoms. The van der Waals surface area contributed by atoms with Crippen LogP contribution in [0.5, 0.6) is 0 Å². The molecule has 9 heteroatoms. The van der Waals surface area contributed by atoms with Gasteiger partial charge < -0.3 is 10.1 Å². The lowest BCUT2D eigenvalue weighted by molar-refractivity contribution is -0.136. The number of aromatic nitrogens is 1. The van der Waals surface area contributed by atoms with E-state index in [1.165, 1.54) is 18.3 Å². The van der Waals surface area contributed by atoms with Gasteiger partial charge in [-0.1, -0.05) is 23.7 Å². The van der Waals surface area contributed by atoms with E-state index < -0.39 is 24.0 Å². The lowest BCUT2D eigenvalue weighted by Crippen LogP contribution is -2.41. The van der Waals surface area contributed by atoms with Gasteiger partial charge in [-0.15, -0.1) is 11.3 Å².